The quantitative estimate of drug-likeness (QED) is 0.696. The van der Waals surface area contributed by atoms with E-state index in [0.29, 0.717) is 23.0 Å². The summed E-state index contributed by atoms with van der Waals surface area (Å²) in [6.45, 7) is 3.49. The highest BCUT2D eigenvalue weighted by atomic mass is 16.5. The molecule has 0 saturated carbocycles. The van der Waals surface area contributed by atoms with Gasteiger partial charge < -0.3 is 20.1 Å². The van der Waals surface area contributed by atoms with E-state index in [1.165, 1.54) is 0 Å². The molecule has 2 aromatic carbocycles. The Morgan fingerprint density at radius 3 is 2.86 bits per heavy atom. The third-order valence-corrected chi connectivity index (χ3v) is 4.41. The molecule has 3 aromatic rings. The van der Waals surface area contributed by atoms with Crippen molar-refractivity contribution in [1.29, 1.82) is 0 Å². The molecule has 0 spiro atoms. The number of ether oxygens (including phenoxy) is 2. The zero-order valence-electron chi connectivity index (χ0n) is 16.0. The van der Waals surface area contributed by atoms with E-state index < -0.39 is 6.10 Å². The van der Waals surface area contributed by atoms with E-state index in [2.05, 4.69) is 15.7 Å². The topological polar surface area (TPSA) is 94.5 Å². The van der Waals surface area contributed by atoms with Gasteiger partial charge in [-0.3, -0.25) is 9.59 Å². The number of rotatable bonds is 5. The number of nitrogens with zero attached hydrogens (tertiary/aromatic N) is 2. The van der Waals surface area contributed by atoms with Crippen molar-refractivity contribution < 1.29 is 19.1 Å². The molecule has 1 atom stereocenters. The maximum absolute atomic E-state index is 12.5. The monoisotopic (exact) mass is 392 g/mol. The van der Waals surface area contributed by atoms with Crippen LogP contribution < -0.4 is 20.1 Å². The van der Waals surface area contributed by atoms with Crippen LogP contribution in [0.1, 0.15) is 12.5 Å². The Kier molecular flexibility index (Phi) is 4.90. The highest BCUT2D eigenvalue weighted by molar-refractivity contribution is 5.97. The Hall–Kier alpha value is -3.81. The van der Waals surface area contributed by atoms with Crippen molar-refractivity contribution in [3.63, 3.8) is 0 Å². The van der Waals surface area contributed by atoms with E-state index in [-0.39, 0.29) is 18.4 Å². The number of amides is 2. The van der Waals surface area contributed by atoms with Gasteiger partial charge in [0.2, 0.25) is 5.88 Å². The zero-order valence-corrected chi connectivity index (χ0v) is 16.0. The van der Waals surface area contributed by atoms with E-state index in [1.54, 1.807) is 29.8 Å². The van der Waals surface area contributed by atoms with Gasteiger partial charge in [0.1, 0.15) is 5.75 Å². The standard InChI is InChI=1S/C21H20N4O4/c1-13-11-25(16-6-4-3-5-7-16)24-21(13)29-14(2)20(27)22-15-8-9-17-18(10-15)28-12-19(26)23-17/h3-11,14H,12H2,1-2H3,(H,22,27)(H,23,26)/t14-/m0/s1. The first-order chi connectivity index (χ1) is 14.0. The molecule has 0 fully saturated rings. The fourth-order valence-electron chi connectivity index (χ4n) is 2.89. The number of hydrogen-bond donors (Lipinski definition) is 2. The second kappa shape index (κ2) is 7.67. The van der Waals surface area contributed by atoms with Gasteiger partial charge in [0.15, 0.2) is 12.7 Å². The second-order valence-electron chi connectivity index (χ2n) is 6.69. The minimum atomic E-state index is -0.760. The molecule has 8 heteroatoms. The number of aromatic nitrogens is 2. The van der Waals surface area contributed by atoms with Crippen LogP contribution in [-0.4, -0.2) is 34.3 Å². The summed E-state index contributed by atoms with van der Waals surface area (Å²) < 4.78 is 12.9. The summed E-state index contributed by atoms with van der Waals surface area (Å²) in [6, 6.07) is 14.7. The first-order valence-corrected chi connectivity index (χ1v) is 9.15. The Balaban J connectivity index is 1.43. The van der Waals surface area contributed by atoms with Crippen molar-refractivity contribution in [2.45, 2.75) is 20.0 Å². The summed E-state index contributed by atoms with van der Waals surface area (Å²) in [7, 11) is 0. The molecule has 0 radical (unpaired) electrons. The zero-order chi connectivity index (χ0) is 20.4. The highest BCUT2D eigenvalue weighted by Gasteiger charge is 2.20. The Morgan fingerprint density at radius 1 is 1.28 bits per heavy atom. The SMILES string of the molecule is Cc1cn(-c2ccccc2)nc1O[C@@H](C)C(=O)Nc1ccc2c(c1)OCC(=O)N2. The molecule has 0 unspecified atom stereocenters. The van der Waals surface area contributed by atoms with Crippen LogP contribution in [0.15, 0.2) is 54.7 Å². The molecule has 29 heavy (non-hydrogen) atoms. The van der Waals surface area contributed by atoms with Gasteiger partial charge in [-0.05, 0) is 38.1 Å². The molecule has 1 aliphatic heterocycles. The molecular weight excluding hydrogens is 372 g/mol. The number of carbonyl (C=O) groups excluding carboxylic acids is 2. The van der Waals surface area contributed by atoms with Crippen LogP contribution in [0.3, 0.4) is 0 Å². The lowest BCUT2D eigenvalue weighted by molar-refractivity contribution is -0.122. The van der Waals surface area contributed by atoms with Gasteiger partial charge in [-0.1, -0.05) is 18.2 Å². The predicted molar refractivity (Wildman–Crippen MR) is 108 cm³/mol. The number of carbonyl (C=O) groups is 2. The number of hydrogen-bond acceptors (Lipinski definition) is 5. The van der Waals surface area contributed by atoms with E-state index in [4.69, 9.17) is 9.47 Å². The Bertz CT molecular complexity index is 1060. The van der Waals surface area contributed by atoms with Gasteiger partial charge >= 0.3 is 0 Å². The van der Waals surface area contributed by atoms with Crippen molar-refractivity contribution >= 4 is 23.2 Å². The fourth-order valence-corrected chi connectivity index (χ4v) is 2.89. The van der Waals surface area contributed by atoms with Crippen LogP contribution in [-0.2, 0) is 9.59 Å². The van der Waals surface area contributed by atoms with Crippen molar-refractivity contribution in [3.05, 3.63) is 60.3 Å². The van der Waals surface area contributed by atoms with Crippen molar-refractivity contribution in [2.24, 2.45) is 0 Å². The van der Waals surface area contributed by atoms with Crippen LogP contribution in [0.25, 0.3) is 5.69 Å². The number of aryl methyl sites for hydroxylation is 1. The van der Waals surface area contributed by atoms with Gasteiger partial charge in [-0.25, -0.2) is 4.68 Å². The lowest BCUT2D eigenvalue weighted by Crippen LogP contribution is -2.30. The molecule has 0 saturated heterocycles. The first-order valence-electron chi connectivity index (χ1n) is 9.15. The Morgan fingerprint density at radius 2 is 2.07 bits per heavy atom. The predicted octanol–water partition coefficient (Wildman–Crippen LogP) is 2.92. The van der Waals surface area contributed by atoms with E-state index >= 15 is 0 Å². The summed E-state index contributed by atoms with van der Waals surface area (Å²) in [6.07, 6.45) is 1.09. The molecule has 1 aliphatic rings. The van der Waals surface area contributed by atoms with Gasteiger partial charge in [-0.2, -0.15) is 0 Å². The number of fused-ring (bicyclic) bond motifs is 1. The maximum Gasteiger partial charge on any atom is 0.265 e. The molecule has 2 heterocycles. The Labute approximate surface area is 167 Å². The summed E-state index contributed by atoms with van der Waals surface area (Å²) in [5.74, 6) is 0.376. The van der Waals surface area contributed by atoms with Gasteiger partial charge in [0.05, 0.1) is 11.4 Å². The molecule has 0 bridgehead atoms. The molecule has 1 aromatic heterocycles. The molecule has 2 amide bonds. The smallest absolute Gasteiger partial charge is 0.265 e. The molecule has 4 rings (SSSR count). The van der Waals surface area contributed by atoms with Crippen molar-refractivity contribution in [1.82, 2.24) is 9.78 Å². The lowest BCUT2D eigenvalue weighted by Gasteiger charge is -2.19. The third kappa shape index (κ3) is 4.06. The molecule has 8 nitrogen and oxygen atoms in total. The van der Waals surface area contributed by atoms with E-state index in [9.17, 15) is 9.59 Å². The van der Waals surface area contributed by atoms with Gasteiger partial charge in [0, 0.05) is 23.5 Å². The average molecular weight is 392 g/mol. The number of benzene rings is 2. The summed E-state index contributed by atoms with van der Waals surface area (Å²) in [5.41, 5.74) is 2.85. The molecule has 148 valence electrons. The largest absolute Gasteiger partial charge is 0.482 e. The van der Waals surface area contributed by atoms with E-state index in [0.717, 1.165) is 11.3 Å². The highest BCUT2D eigenvalue weighted by Crippen LogP contribution is 2.30. The van der Waals surface area contributed by atoms with E-state index in [1.807, 2.05) is 43.5 Å². The molecule has 2 N–H and O–H groups in total. The maximum atomic E-state index is 12.5. The van der Waals surface area contributed by atoms with Crippen LogP contribution in [0.5, 0.6) is 11.6 Å². The number of anilines is 2. The van der Waals surface area contributed by atoms with Crippen molar-refractivity contribution in [2.75, 3.05) is 17.2 Å². The molecular formula is C21H20N4O4. The van der Waals surface area contributed by atoms with Crippen LogP contribution in [0.4, 0.5) is 11.4 Å². The minimum absolute atomic E-state index is 0.0483. The second-order valence-corrected chi connectivity index (χ2v) is 6.69. The van der Waals surface area contributed by atoms with Crippen LogP contribution in [0.2, 0.25) is 0 Å². The summed E-state index contributed by atoms with van der Waals surface area (Å²) >= 11 is 0. The van der Waals surface area contributed by atoms with Gasteiger partial charge in [0.25, 0.3) is 11.8 Å². The summed E-state index contributed by atoms with van der Waals surface area (Å²) in [5, 5.41) is 9.92. The van der Waals surface area contributed by atoms with Crippen LogP contribution >= 0.6 is 0 Å². The lowest BCUT2D eigenvalue weighted by atomic mass is 10.2. The van der Waals surface area contributed by atoms with Gasteiger partial charge in [-0.15, -0.1) is 5.10 Å². The summed E-state index contributed by atoms with van der Waals surface area (Å²) in [4.78, 5) is 23.9. The average Bonchev–Trinajstić information content (AvgIpc) is 3.09. The molecule has 0 aliphatic carbocycles. The fraction of sp³-hybridized carbons (Fsp3) is 0.190. The van der Waals surface area contributed by atoms with Crippen molar-refractivity contribution in [3.8, 4) is 17.3 Å². The third-order valence-electron chi connectivity index (χ3n) is 4.41. The minimum Gasteiger partial charge on any atom is -0.482 e. The number of para-hydroxylation sites is 1. The first kappa shape index (κ1) is 18.5. The number of nitrogens with one attached hydrogen (secondary N) is 2. The normalized spacial score (nSPS) is 13.7. The van der Waals surface area contributed by atoms with Crippen LogP contribution in [0, 0.1) is 6.92 Å².